The fourth-order valence-corrected chi connectivity index (χ4v) is 5.59. The van der Waals surface area contributed by atoms with Crippen LogP contribution in [-0.2, 0) is 27.8 Å². The number of hydrogen-bond acceptors (Lipinski definition) is 5. The average molecular weight is 459 g/mol. The van der Waals surface area contributed by atoms with Crippen LogP contribution in [0.1, 0.15) is 36.8 Å². The van der Waals surface area contributed by atoms with E-state index in [9.17, 15) is 13.2 Å². The molecule has 2 heterocycles. The molecule has 0 N–H and O–H groups in total. The van der Waals surface area contributed by atoms with Crippen LogP contribution in [0, 0.1) is 0 Å². The Bertz CT molecular complexity index is 1050. The number of ether oxygens (including phenoxy) is 2. The number of nitrogens with zero attached hydrogens (tertiary/aromatic N) is 2. The van der Waals surface area contributed by atoms with Crippen molar-refractivity contribution in [1.82, 2.24) is 9.21 Å². The van der Waals surface area contributed by atoms with Crippen LogP contribution in [0.25, 0.3) is 0 Å². The molecule has 0 aromatic heterocycles. The Morgan fingerprint density at radius 3 is 2.31 bits per heavy atom. The second-order valence-electron chi connectivity index (χ2n) is 8.34. The molecule has 7 nitrogen and oxygen atoms in total. The highest BCUT2D eigenvalue weighted by Gasteiger charge is 2.25. The van der Waals surface area contributed by atoms with Gasteiger partial charge in [0, 0.05) is 33.1 Å². The number of hydrogen-bond donors (Lipinski definition) is 0. The third-order valence-electron chi connectivity index (χ3n) is 5.96. The zero-order valence-electron chi connectivity index (χ0n) is 18.5. The van der Waals surface area contributed by atoms with E-state index in [-0.39, 0.29) is 5.91 Å². The molecule has 0 aliphatic carbocycles. The fraction of sp³-hybridized carbons (Fsp3) is 0.458. The molecular formula is C24H30N2O5S. The van der Waals surface area contributed by atoms with Gasteiger partial charge in [0.1, 0.15) is 13.2 Å². The summed E-state index contributed by atoms with van der Waals surface area (Å²) in [5, 5.41) is 0. The van der Waals surface area contributed by atoms with E-state index in [1.54, 1.807) is 28.4 Å². The highest BCUT2D eigenvalue weighted by Crippen LogP contribution is 2.31. The summed E-state index contributed by atoms with van der Waals surface area (Å²) in [6, 6.07) is 12.7. The summed E-state index contributed by atoms with van der Waals surface area (Å²) in [5.74, 6) is 1.49. The molecule has 2 aromatic carbocycles. The standard InChI is InChI=1S/C24H30N2O5S/c1-25(18-20-7-11-22-23(17-20)31-16-15-30-22)24(27)12-8-19-5-9-21(10-6-19)32(28,29)26-13-3-2-4-14-26/h5-7,9-11,17H,2-4,8,12-16,18H2,1H3. The number of sulfonamides is 1. The first-order valence-corrected chi connectivity index (χ1v) is 12.6. The van der Waals surface area contributed by atoms with E-state index in [0.29, 0.717) is 56.3 Å². The lowest BCUT2D eigenvalue weighted by Gasteiger charge is -2.25. The second kappa shape index (κ2) is 9.92. The summed E-state index contributed by atoms with van der Waals surface area (Å²) in [5.41, 5.74) is 1.93. The maximum Gasteiger partial charge on any atom is 0.243 e. The predicted molar refractivity (Wildman–Crippen MR) is 121 cm³/mol. The minimum Gasteiger partial charge on any atom is -0.486 e. The van der Waals surface area contributed by atoms with Gasteiger partial charge in [-0.2, -0.15) is 4.31 Å². The number of rotatable bonds is 7. The van der Waals surface area contributed by atoms with E-state index in [1.807, 2.05) is 30.3 Å². The third-order valence-corrected chi connectivity index (χ3v) is 7.87. The van der Waals surface area contributed by atoms with Crippen LogP contribution in [0.5, 0.6) is 11.5 Å². The number of carbonyl (C=O) groups excluding carboxylic acids is 1. The van der Waals surface area contributed by atoms with Gasteiger partial charge in [0.15, 0.2) is 11.5 Å². The molecule has 0 spiro atoms. The Kier molecular flexibility index (Phi) is 7.01. The number of fused-ring (bicyclic) bond motifs is 1. The molecule has 172 valence electrons. The molecule has 2 aliphatic rings. The molecule has 0 bridgehead atoms. The van der Waals surface area contributed by atoms with Crippen LogP contribution in [0.2, 0.25) is 0 Å². The topological polar surface area (TPSA) is 76.1 Å². The van der Waals surface area contributed by atoms with Gasteiger partial charge >= 0.3 is 0 Å². The minimum absolute atomic E-state index is 0.0323. The van der Waals surface area contributed by atoms with E-state index < -0.39 is 10.0 Å². The van der Waals surface area contributed by atoms with Crippen molar-refractivity contribution in [2.75, 3.05) is 33.4 Å². The molecule has 2 aliphatic heterocycles. The van der Waals surface area contributed by atoms with E-state index in [1.165, 1.54) is 0 Å². The Hall–Kier alpha value is -2.58. The Morgan fingerprint density at radius 2 is 1.59 bits per heavy atom. The first kappa shape index (κ1) is 22.6. The zero-order valence-corrected chi connectivity index (χ0v) is 19.3. The van der Waals surface area contributed by atoms with Crippen molar-refractivity contribution in [2.45, 2.75) is 43.5 Å². The van der Waals surface area contributed by atoms with E-state index in [2.05, 4.69) is 0 Å². The van der Waals surface area contributed by atoms with Crippen LogP contribution in [0.15, 0.2) is 47.4 Å². The molecule has 8 heteroatoms. The average Bonchev–Trinajstić information content (AvgIpc) is 2.83. The van der Waals surface area contributed by atoms with Crippen LogP contribution in [-0.4, -0.2) is 56.9 Å². The minimum atomic E-state index is -3.43. The van der Waals surface area contributed by atoms with Crippen molar-refractivity contribution in [3.8, 4) is 11.5 Å². The molecule has 0 radical (unpaired) electrons. The largest absolute Gasteiger partial charge is 0.486 e. The molecule has 1 saturated heterocycles. The highest BCUT2D eigenvalue weighted by molar-refractivity contribution is 7.89. The number of benzene rings is 2. The maximum atomic E-state index is 12.8. The van der Waals surface area contributed by atoms with E-state index in [0.717, 1.165) is 36.1 Å². The van der Waals surface area contributed by atoms with Gasteiger partial charge in [-0.15, -0.1) is 0 Å². The summed E-state index contributed by atoms with van der Waals surface area (Å²) in [6.45, 7) is 2.75. The van der Waals surface area contributed by atoms with E-state index >= 15 is 0 Å². The quantitative estimate of drug-likeness (QED) is 0.637. The van der Waals surface area contributed by atoms with Crippen LogP contribution < -0.4 is 9.47 Å². The normalized spacial score (nSPS) is 16.5. The van der Waals surface area contributed by atoms with Crippen LogP contribution >= 0.6 is 0 Å². The Balaban J connectivity index is 1.30. The maximum absolute atomic E-state index is 12.8. The number of amides is 1. The van der Waals surface area contributed by atoms with Gasteiger partial charge in [0.25, 0.3) is 0 Å². The first-order chi connectivity index (χ1) is 15.4. The molecular weight excluding hydrogens is 428 g/mol. The van der Waals surface area contributed by atoms with Gasteiger partial charge < -0.3 is 14.4 Å². The molecule has 2 aromatic rings. The summed E-state index contributed by atoms with van der Waals surface area (Å²) < 4.78 is 38.2. The van der Waals surface area contributed by atoms with Crippen molar-refractivity contribution in [2.24, 2.45) is 0 Å². The lowest BCUT2D eigenvalue weighted by Crippen LogP contribution is -2.35. The smallest absolute Gasteiger partial charge is 0.243 e. The van der Waals surface area contributed by atoms with E-state index in [4.69, 9.17) is 9.47 Å². The van der Waals surface area contributed by atoms with Crippen LogP contribution in [0.3, 0.4) is 0 Å². The van der Waals surface area contributed by atoms with Crippen molar-refractivity contribution in [1.29, 1.82) is 0 Å². The van der Waals surface area contributed by atoms with Gasteiger partial charge in [0.05, 0.1) is 4.90 Å². The third kappa shape index (κ3) is 5.24. The number of piperidine rings is 1. The summed E-state index contributed by atoms with van der Waals surface area (Å²) in [4.78, 5) is 14.6. The lowest BCUT2D eigenvalue weighted by atomic mass is 10.1. The molecule has 0 atom stereocenters. The Morgan fingerprint density at radius 1 is 0.938 bits per heavy atom. The van der Waals surface area contributed by atoms with Crippen molar-refractivity contribution in [3.63, 3.8) is 0 Å². The molecule has 1 amide bonds. The highest BCUT2D eigenvalue weighted by atomic mass is 32.2. The molecule has 0 unspecified atom stereocenters. The summed E-state index contributed by atoms with van der Waals surface area (Å²) >= 11 is 0. The van der Waals surface area contributed by atoms with Gasteiger partial charge in [-0.1, -0.05) is 24.6 Å². The second-order valence-corrected chi connectivity index (χ2v) is 10.3. The molecule has 0 saturated carbocycles. The molecule has 32 heavy (non-hydrogen) atoms. The number of aryl methyl sites for hydroxylation is 1. The van der Waals surface area contributed by atoms with Gasteiger partial charge in [-0.3, -0.25) is 4.79 Å². The number of carbonyl (C=O) groups is 1. The molecule has 1 fully saturated rings. The Labute approximate surface area is 190 Å². The molecule has 4 rings (SSSR count). The van der Waals surface area contributed by atoms with Gasteiger partial charge in [-0.05, 0) is 54.7 Å². The fourth-order valence-electron chi connectivity index (χ4n) is 4.07. The van der Waals surface area contributed by atoms with Crippen molar-refractivity contribution in [3.05, 3.63) is 53.6 Å². The van der Waals surface area contributed by atoms with Gasteiger partial charge in [0.2, 0.25) is 15.9 Å². The van der Waals surface area contributed by atoms with Crippen LogP contribution in [0.4, 0.5) is 0 Å². The van der Waals surface area contributed by atoms with Crippen molar-refractivity contribution >= 4 is 15.9 Å². The SMILES string of the molecule is CN(Cc1ccc2c(c1)OCCO2)C(=O)CCc1ccc(S(=O)(=O)N2CCCCC2)cc1. The van der Waals surface area contributed by atoms with Gasteiger partial charge in [-0.25, -0.2) is 8.42 Å². The monoisotopic (exact) mass is 458 g/mol. The first-order valence-electron chi connectivity index (χ1n) is 11.1. The summed E-state index contributed by atoms with van der Waals surface area (Å²) in [7, 11) is -1.64. The zero-order chi connectivity index (χ0) is 22.6. The summed E-state index contributed by atoms with van der Waals surface area (Å²) in [6.07, 6.45) is 3.84. The predicted octanol–water partition coefficient (Wildman–Crippen LogP) is 3.22. The van der Waals surface area contributed by atoms with Crippen molar-refractivity contribution < 1.29 is 22.7 Å². The lowest BCUT2D eigenvalue weighted by molar-refractivity contribution is -0.130.